The fourth-order valence-electron chi connectivity index (χ4n) is 6.42. The molecule has 4 heterocycles. The number of amides is 1. The summed E-state index contributed by atoms with van der Waals surface area (Å²) >= 11 is 0. The molecule has 1 amide bonds. The minimum absolute atomic E-state index is 0.202. The van der Waals surface area contributed by atoms with Gasteiger partial charge in [-0.1, -0.05) is 54.8 Å². The van der Waals surface area contributed by atoms with Crippen molar-refractivity contribution in [2.75, 3.05) is 20.1 Å². The third kappa shape index (κ3) is 5.64. The normalized spacial score (nSPS) is 28.5. The van der Waals surface area contributed by atoms with E-state index in [2.05, 4.69) is 59.2 Å². The van der Waals surface area contributed by atoms with Crippen molar-refractivity contribution >= 4 is 5.91 Å². The van der Waals surface area contributed by atoms with Crippen LogP contribution in [0, 0.1) is 11.8 Å². The van der Waals surface area contributed by atoms with Crippen molar-refractivity contribution < 1.29 is 14.6 Å². The van der Waals surface area contributed by atoms with E-state index in [1.54, 1.807) is 4.90 Å². The van der Waals surface area contributed by atoms with Gasteiger partial charge < -0.3 is 15.1 Å². The molecule has 3 saturated heterocycles. The predicted molar refractivity (Wildman–Crippen MR) is 126 cm³/mol. The number of hydrogen-bond acceptors (Lipinski definition) is 3. The molecule has 7 heteroatoms. The zero-order valence-electron chi connectivity index (χ0n) is 20.0. The quantitative estimate of drug-likeness (QED) is 0.537. The number of carbonyl (C=O) groups excluding carboxylic acids is 1. The van der Waals surface area contributed by atoms with Crippen LogP contribution in [0.5, 0.6) is 0 Å². The smallest absolute Gasteiger partial charge is 0.229 e. The minimum Gasteiger partial charge on any atom is -0.353 e. The summed E-state index contributed by atoms with van der Waals surface area (Å²) in [6, 6.07) is 11.6. The summed E-state index contributed by atoms with van der Waals surface area (Å²) < 4.78 is 2.04. The monoisotopic (exact) mass is 452 g/mol. The van der Waals surface area contributed by atoms with Gasteiger partial charge >= 0.3 is 0 Å². The Labute approximate surface area is 197 Å². The molecular weight excluding hydrogens is 412 g/mol. The molecule has 6 rings (SSSR count). The Balaban J connectivity index is 1.12. The summed E-state index contributed by atoms with van der Waals surface area (Å²) in [5.41, 5.74) is 2.40. The first-order valence-corrected chi connectivity index (χ1v) is 13.0. The van der Waals surface area contributed by atoms with Crippen LogP contribution in [0.1, 0.15) is 56.2 Å². The van der Waals surface area contributed by atoms with Crippen LogP contribution < -0.4 is 15.1 Å². The summed E-state index contributed by atoms with van der Waals surface area (Å²) in [7, 11) is 2.21. The number of aromatic nitrogens is 3. The molecule has 5 atom stereocenters. The van der Waals surface area contributed by atoms with Crippen LogP contribution in [0.25, 0.3) is 0 Å². The zero-order chi connectivity index (χ0) is 22.6. The maximum absolute atomic E-state index is 13.0. The lowest BCUT2D eigenvalue weighted by Crippen LogP contribution is -3.20. The molecule has 1 aliphatic carbocycles. The molecular formula is C26H40N6O+2. The van der Waals surface area contributed by atoms with Gasteiger partial charge in [0.25, 0.3) is 0 Å². The van der Waals surface area contributed by atoms with Gasteiger partial charge in [0, 0.05) is 24.4 Å². The van der Waals surface area contributed by atoms with Crippen LogP contribution in [0.2, 0.25) is 0 Å². The second-order valence-corrected chi connectivity index (χ2v) is 10.8. The largest absolute Gasteiger partial charge is 0.353 e. The number of nitrogens with zero attached hydrogens (tertiary/aromatic N) is 3. The van der Waals surface area contributed by atoms with Crippen LogP contribution in [0.4, 0.5) is 0 Å². The highest BCUT2D eigenvalue weighted by molar-refractivity contribution is 5.79. The average Bonchev–Trinajstić information content (AvgIpc) is 3.27. The van der Waals surface area contributed by atoms with Gasteiger partial charge in [-0.3, -0.25) is 4.79 Å². The van der Waals surface area contributed by atoms with Gasteiger partial charge in [-0.15, -0.1) is 5.10 Å². The number of quaternary nitrogens is 2. The van der Waals surface area contributed by atoms with E-state index in [9.17, 15) is 4.79 Å². The van der Waals surface area contributed by atoms with Crippen LogP contribution in [0.15, 0.2) is 36.5 Å². The van der Waals surface area contributed by atoms with E-state index in [0.29, 0.717) is 23.9 Å². The molecule has 178 valence electrons. The number of benzene rings is 1. The number of nitrogens with one attached hydrogen (secondary N) is 3. The van der Waals surface area contributed by atoms with Crippen molar-refractivity contribution in [3.63, 3.8) is 0 Å². The van der Waals surface area contributed by atoms with Gasteiger partial charge in [-0.05, 0) is 18.8 Å². The first kappa shape index (κ1) is 22.5. The molecule has 7 nitrogen and oxygen atoms in total. The number of piperidine rings is 3. The minimum atomic E-state index is 0.202. The third-order valence-corrected chi connectivity index (χ3v) is 8.17. The molecule has 3 N–H and O–H groups in total. The molecule has 1 saturated carbocycles. The maximum Gasteiger partial charge on any atom is 0.229 e. The van der Waals surface area contributed by atoms with E-state index >= 15 is 0 Å². The summed E-state index contributed by atoms with van der Waals surface area (Å²) in [4.78, 5) is 16.0. The van der Waals surface area contributed by atoms with Crippen LogP contribution in [-0.2, 0) is 24.4 Å². The lowest BCUT2D eigenvalue weighted by atomic mass is 9.75. The molecule has 0 radical (unpaired) electrons. The van der Waals surface area contributed by atoms with E-state index in [1.807, 2.05) is 4.68 Å². The summed E-state index contributed by atoms with van der Waals surface area (Å²) in [6.07, 6.45) is 10.6. The lowest BCUT2D eigenvalue weighted by molar-refractivity contribution is -0.945. The van der Waals surface area contributed by atoms with E-state index in [-0.39, 0.29) is 5.92 Å². The zero-order valence-corrected chi connectivity index (χ0v) is 20.0. The van der Waals surface area contributed by atoms with Crippen molar-refractivity contribution in [3.8, 4) is 0 Å². The highest BCUT2D eigenvalue weighted by Crippen LogP contribution is 2.28. The van der Waals surface area contributed by atoms with E-state index in [1.165, 1.54) is 55.5 Å². The Morgan fingerprint density at radius 3 is 2.73 bits per heavy atom. The highest BCUT2D eigenvalue weighted by atomic mass is 16.2. The summed E-state index contributed by atoms with van der Waals surface area (Å²) in [5, 5.41) is 12.3. The lowest BCUT2D eigenvalue weighted by Gasteiger charge is -2.46. The second-order valence-electron chi connectivity index (χ2n) is 10.8. The van der Waals surface area contributed by atoms with Gasteiger partial charge in [0.05, 0.1) is 38.8 Å². The molecule has 2 aromatic rings. The molecule has 2 unspecified atom stereocenters. The Morgan fingerprint density at radius 2 is 1.97 bits per heavy atom. The number of rotatable bonds is 8. The fourth-order valence-corrected chi connectivity index (χ4v) is 6.42. The Bertz CT molecular complexity index is 909. The average molecular weight is 453 g/mol. The van der Waals surface area contributed by atoms with E-state index in [0.717, 1.165) is 38.3 Å². The van der Waals surface area contributed by atoms with Gasteiger partial charge in [0.15, 0.2) is 0 Å². The van der Waals surface area contributed by atoms with Crippen molar-refractivity contribution in [2.24, 2.45) is 11.8 Å². The number of fused-ring (bicyclic) bond motifs is 3. The molecule has 4 fully saturated rings. The fraction of sp³-hybridized carbons (Fsp3) is 0.654. The Hall–Kier alpha value is -2.25. The molecule has 1 aromatic carbocycles. The Kier molecular flexibility index (Phi) is 7.07. The molecule has 4 aliphatic rings. The summed E-state index contributed by atoms with van der Waals surface area (Å²) in [5.74, 6) is 1.06. The number of carbonyl (C=O) groups is 1. The SMILES string of the molecule is C[NH+](Cc1ccccc1)Cc1cn(C[C@H]2C[C@H]3CC[NH+]2C[C@@H]3C(=O)NC2CCCCC2)nn1. The predicted octanol–water partition coefficient (Wildman–Crippen LogP) is 0.235. The molecule has 33 heavy (non-hydrogen) atoms. The first-order chi connectivity index (χ1) is 16.1. The summed E-state index contributed by atoms with van der Waals surface area (Å²) in [6.45, 7) is 4.95. The van der Waals surface area contributed by atoms with Crippen LogP contribution in [-0.4, -0.2) is 53.1 Å². The molecule has 2 bridgehead atoms. The van der Waals surface area contributed by atoms with Crippen LogP contribution in [0.3, 0.4) is 0 Å². The van der Waals surface area contributed by atoms with E-state index < -0.39 is 0 Å². The van der Waals surface area contributed by atoms with Gasteiger partial charge in [0.2, 0.25) is 5.91 Å². The maximum atomic E-state index is 13.0. The number of hydrogen-bond donors (Lipinski definition) is 3. The molecule has 3 aliphatic heterocycles. The first-order valence-electron chi connectivity index (χ1n) is 13.0. The molecule has 1 aromatic heterocycles. The topological polar surface area (TPSA) is 68.7 Å². The van der Waals surface area contributed by atoms with Gasteiger partial charge in [-0.2, -0.15) is 0 Å². The van der Waals surface area contributed by atoms with Gasteiger partial charge in [-0.25, -0.2) is 4.68 Å². The Morgan fingerprint density at radius 1 is 1.15 bits per heavy atom. The van der Waals surface area contributed by atoms with Crippen molar-refractivity contribution in [3.05, 3.63) is 47.8 Å². The van der Waals surface area contributed by atoms with Crippen molar-refractivity contribution in [2.45, 2.75) is 76.7 Å². The van der Waals surface area contributed by atoms with E-state index in [4.69, 9.17) is 0 Å². The van der Waals surface area contributed by atoms with Crippen LogP contribution >= 0.6 is 0 Å². The highest BCUT2D eigenvalue weighted by Gasteiger charge is 2.46. The standard InChI is InChI=1S/C26H38N6O/c1-30(15-20-8-4-2-5-9-20)16-23-17-32(29-28-23)18-24-14-21-12-13-31(24)19-25(21)26(33)27-22-10-6-3-7-11-22/h2,4-5,8-9,17,21-22,24-25H,3,6-7,10-16,18-19H2,1H3,(H,27,33)/p+2/t21-,24-,25+/m1/s1. The second kappa shape index (κ2) is 10.3. The van der Waals surface area contributed by atoms with Crippen molar-refractivity contribution in [1.29, 1.82) is 0 Å². The van der Waals surface area contributed by atoms with Crippen molar-refractivity contribution in [1.82, 2.24) is 20.3 Å². The third-order valence-electron chi connectivity index (χ3n) is 8.17. The molecule has 0 spiro atoms. The van der Waals surface area contributed by atoms with Gasteiger partial charge in [0.1, 0.15) is 24.8 Å².